The van der Waals surface area contributed by atoms with E-state index in [1.807, 2.05) is 0 Å². The van der Waals surface area contributed by atoms with E-state index in [0.29, 0.717) is 6.61 Å². The van der Waals surface area contributed by atoms with E-state index in [1.165, 1.54) is 77.0 Å². The summed E-state index contributed by atoms with van der Waals surface area (Å²) >= 11 is 0. The molecule has 0 aromatic heterocycles. The molecule has 1 rings (SSSR count). The summed E-state index contributed by atoms with van der Waals surface area (Å²) in [4.78, 5) is 9.61. The van der Waals surface area contributed by atoms with E-state index >= 15 is 0 Å². The Kier molecular flexibility index (Phi) is 16.5. The fourth-order valence-corrected chi connectivity index (χ4v) is 4.82. The van der Waals surface area contributed by atoms with Crippen molar-refractivity contribution in [2.75, 3.05) is 27.0 Å². The molecule has 8 heteroatoms. The molecular formula is C23H46BO6P. The summed E-state index contributed by atoms with van der Waals surface area (Å²) in [6.07, 6.45) is 16.5. The summed E-state index contributed by atoms with van der Waals surface area (Å²) in [6.45, 7) is 4.20. The van der Waals surface area contributed by atoms with Crippen LogP contribution in [0.4, 0.5) is 0 Å². The molecule has 0 saturated carbocycles. The van der Waals surface area contributed by atoms with Crippen molar-refractivity contribution in [2.45, 2.75) is 121 Å². The van der Waals surface area contributed by atoms with Gasteiger partial charge in [0.05, 0.1) is 6.61 Å². The second kappa shape index (κ2) is 17.6. The summed E-state index contributed by atoms with van der Waals surface area (Å²) in [5, 5.41) is 0. The number of hydrogen-bond acceptors (Lipinski definition) is 5. The largest absolute Gasteiger partial charge is 0.382 e. The quantitative estimate of drug-likeness (QED) is 0.145. The first-order valence-corrected chi connectivity index (χ1v) is 14.4. The zero-order valence-electron chi connectivity index (χ0n) is 20.1. The van der Waals surface area contributed by atoms with Gasteiger partial charge in [0.1, 0.15) is 26.2 Å². The van der Waals surface area contributed by atoms with Crippen LogP contribution in [0.2, 0.25) is 0 Å². The Labute approximate surface area is 192 Å². The topological polar surface area (TPSA) is 74.2 Å². The van der Waals surface area contributed by atoms with Crippen molar-refractivity contribution in [1.82, 2.24) is 0 Å². The predicted molar refractivity (Wildman–Crippen MR) is 127 cm³/mol. The summed E-state index contributed by atoms with van der Waals surface area (Å²) in [5.41, 5.74) is 0. The minimum absolute atomic E-state index is 0.233. The smallest absolute Gasteiger partial charge is 0.325 e. The van der Waals surface area contributed by atoms with Gasteiger partial charge in [0.25, 0.3) is 0 Å². The van der Waals surface area contributed by atoms with Gasteiger partial charge in [-0.25, -0.2) is 0 Å². The van der Waals surface area contributed by atoms with E-state index in [2.05, 4.69) is 6.92 Å². The van der Waals surface area contributed by atoms with Crippen molar-refractivity contribution in [3.63, 3.8) is 0 Å². The van der Waals surface area contributed by atoms with E-state index in [1.54, 1.807) is 7.11 Å². The summed E-state index contributed by atoms with van der Waals surface area (Å²) in [6, 6.07) is -0.691. The van der Waals surface area contributed by atoms with Crippen molar-refractivity contribution < 1.29 is 28.2 Å². The first kappa shape index (κ1) is 29.1. The van der Waals surface area contributed by atoms with E-state index < -0.39 is 31.9 Å². The first-order valence-electron chi connectivity index (χ1n) is 12.4. The third-order valence-electron chi connectivity index (χ3n) is 5.80. The third-order valence-corrected chi connectivity index (χ3v) is 6.44. The second-order valence-corrected chi connectivity index (χ2v) is 10.7. The lowest BCUT2D eigenvalue weighted by Crippen LogP contribution is -2.38. The van der Waals surface area contributed by atoms with Crippen LogP contribution in [0.3, 0.4) is 0 Å². The lowest BCUT2D eigenvalue weighted by Gasteiger charge is -2.25. The Morgan fingerprint density at radius 3 is 1.81 bits per heavy atom. The van der Waals surface area contributed by atoms with Crippen LogP contribution >= 0.6 is 7.60 Å². The fourth-order valence-electron chi connectivity index (χ4n) is 4.11. The molecular weight excluding hydrogens is 414 g/mol. The average molecular weight is 460 g/mol. The Hall–Kier alpha value is 0.0949. The van der Waals surface area contributed by atoms with Gasteiger partial charge in [-0.3, -0.25) is 9.09 Å². The van der Waals surface area contributed by atoms with Gasteiger partial charge < -0.3 is 19.1 Å². The zero-order chi connectivity index (χ0) is 23.0. The highest BCUT2D eigenvalue weighted by atomic mass is 31.2. The van der Waals surface area contributed by atoms with Crippen LogP contribution in [0.1, 0.15) is 96.8 Å². The molecule has 1 saturated heterocycles. The normalized spacial score (nSPS) is 25.7. The molecule has 182 valence electrons. The summed E-state index contributed by atoms with van der Waals surface area (Å²) in [5.74, 6) is 0. The second-order valence-electron chi connectivity index (χ2n) is 8.90. The van der Waals surface area contributed by atoms with Crippen molar-refractivity contribution >= 4 is 15.4 Å². The van der Waals surface area contributed by atoms with Gasteiger partial charge in [-0.2, -0.15) is 0 Å². The first-order chi connectivity index (χ1) is 14.9. The van der Waals surface area contributed by atoms with Gasteiger partial charge >= 0.3 is 7.60 Å². The van der Waals surface area contributed by atoms with Gasteiger partial charge in [0.2, 0.25) is 0 Å². The van der Waals surface area contributed by atoms with Crippen LogP contribution in [-0.2, 0) is 23.3 Å². The van der Waals surface area contributed by atoms with Crippen molar-refractivity contribution in [1.29, 1.82) is 0 Å². The van der Waals surface area contributed by atoms with Crippen LogP contribution in [0.5, 0.6) is 0 Å². The fraction of sp³-hybridized carbons (Fsp3) is 1.00. The minimum Gasteiger partial charge on any atom is -0.382 e. The molecule has 0 aromatic rings. The Balaban J connectivity index is 2.06. The SMILES string of the molecule is [B]C1OC(COC)C(OP(C)(=O)O)C1OCCCCCCCCCCCCCCCC. The molecule has 1 N–H and O–H groups in total. The Morgan fingerprint density at radius 2 is 1.35 bits per heavy atom. The predicted octanol–water partition coefficient (Wildman–Crippen LogP) is 5.59. The molecule has 5 unspecified atom stereocenters. The number of methoxy groups -OCH3 is 1. The van der Waals surface area contributed by atoms with Gasteiger partial charge in [-0.05, 0) is 6.42 Å². The molecule has 6 nitrogen and oxygen atoms in total. The van der Waals surface area contributed by atoms with E-state index in [9.17, 15) is 9.46 Å². The number of unbranched alkanes of at least 4 members (excludes halogenated alkanes) is 13. The van der Waals surface area contributed by atoms with Crippen molar-refractivity contribution in [3.8, 4) is 0 Å². The molecule has 1 aliphatic rings. The highest BCUT2D eigenvalue weighted by molar-refractivity contribution is 7.51. The molecule has 5 atom stereocenters. The van der Waals surface area contributed by atoms with E-state index in [4.69, 9.17) is 26.6 Å². The average Bonchev–Trinajstić information content (AvgIpc) is 2.98. The lowest BCUT2D eigenvalue weighted by atomic mass is 9.93. The molecule has 1 aliphatic heterocycles. The van der Waals surface area contributed by atoms with Crippen molar-refractivity contribution in [3.05, 3.63) is 0 Å². The van der Waals surface area contributed by atoms with E-state index in [0.717, 1.165) is 19.5 Å². The Morgan fingerprint density at radius 1 is 0.871 bits per heavy atom. The third kappa shape index (κ3) is 14.1. The highest BCUT2D eigenvalue weighted by Gasteiger charge is 2.45. The van der Waals surface area contributed by atoms with Crippen LogP contribution in [0, 0.1) is 0 Å². The van der Waals surface area contributed by atoms with Gasteiger partial charge in [-0.1, -0.05) is 90.4 Å². The highest BCUT2D eigenvalue weighted by Crippen LogP contribution is 2.42. The molecule has 0 bridgehead atoms. The molecule has 0 aliphatic carbocycles. The van der Waals surface area contributed by atoms with E-state index in [-0.39, 0.29) is 6.61 Å². The van der Waals surface area contributed by atoms with Crippen molar-refractivity contribution in [2.24, 2.45) is 0 Å². The van der Waals surface area contributed by atoms with Crippen LogP contribution < -0.4 is 0 Å². The van der Waals surface area contributed by atoms with Crippen LogP contribution in [0.25, 0.3) is 0 Å². The lowest BCUT2D eigenvalue weighted by molar-refractivity contribution is -0.0250. The minimum atomic E-state index is -3.69. The molecule has 0 amide bonds. The zero-order valence-corrected chi connectivity index (χ0v) is 21.0. The number of hydrogen-bond donors (Lipinski definition) is 1. The summed E-state index contributed by atoms with van der Waals surface area (Å²) < 4.78 is 33.7. The molecule has 1 fully saturated rings. The van der Waals surface area contributed by atoms with Gasteiger partial charge in [-0.15, -0.1) is 0 Å². The monoisotopic (exact) mass is 460 g/mol. The number of ether oxygens (including phenoxy) is 3. The molecule has 1 heterocycles. The van der Waals surface area contributed by atoms with Gasteiger partial charge in [0, 0.05) is 26.4 Å². The van der Waals surface area contributed by atoms with Crippen LogP contribution in [-0.4, -0.2) is 64.0 Å². The molecule has 0 spiro atoms. The number of rotatable bonds is 20. The maximum Gasteiger partial charge on any atom is 0.325 e. The summed E-state index contributed by atoms with van der Waals surface area (Å²) in [7, 11) is 3.87. The molecule has 31 heavy (non-hydrogen) atoms. The van der Waals surface area contributed by atoms with Crippen LogP contribution in [0.15, 0.2) is 0 Å². The van der Waals surface area contributed by atoms with Gasteiger partial charge in [0.15, 0.2) is 0 Å². The standard InChI is InChI=1S/C23H46BO6P/c1-4-5-6-7-8-9-10-11-12-13-14-15-16-17-18-28-22-21(30-31(3,25)26)20(19-27-2)29-23(22)24/h20-23H,4-19H2,1-3H3,(H,25,26). The maximum absolute atomic E-state index is 11.7. The molecule has 0 aromatic carbocycles. The Bertz CT molecular complexity index is 475. The maximum atomic E-state index is 11.7. The molecule has 2 radical (unpaired) electrons.